The van der Waals surface area contributed by atoms with Gasteiger partial charge >= 0.3 is 12.1 Å². The number of aromatic nitrogens is 1. The summed E-state index contributed by atoms with van der Waals surface area (Å²) in [7, 11) is 11.2. The summed E-state index contributed by atoms with van der Waals surface area (Å²) in [4.78, 5) is 17.7. The maximum absolute atomic E-state index is 10.6. The smallest absolute Gasteiger partial charge is 0.490 e. The fourth-order valence-corrected chi connectivity index (χ4v) is 3.51. The predicted octanol–water partition coefficient (Wildman–Crippen LogP) is 3.88. The first kappa shape index (κ1) is 34.1. The number of nitriles is 1. The molecule has 0 amide bonds. The molecule has 0 saturated carbocycles. The second-order valence-corrected chi connectivity index (χ2v) is 8.96. The molecule has 3 rings (SSSR count). The number of nitrogens with zero attached hydrogens (tertiary/aromatic N) is 4. The molecule has 0 radical (unpaired) electrons. The molecular formula is C26H37F3N6O5. The van der Waals surface area contributed by atoms with Gasteiger partial charge in [-0.2, -0.15) is 23.4 Å². The van der Waals surface area contributed by atoms with Gasteiger partial charge < -0.3 is 39.8 Å². The predicted molar refractivity (Wildman–Crippen MR) is 146 cm³/mol. The van der Waals surface area contributed by atoms with E-state index in [9.17, 15) is 18.4 Å². The van der Waals surface area contributed by atoms with Crippen LogP contribution >= 0.6 is 0 Å². The van der Waals surface area contributed by atoms with Crippen molar-refractivity contribution < 1.29 is 37.3 Å². The third-order valence-electron chi connectivity index (χ3n) is 5.47. The van der Waals surface area contributed by atoms with Gasteiger partial charge in [0.25, 0.3) is 0 Å². The average Bonchev–Trinajstić information content (AvgIpc) is 2.86. The van der Waals surface area contributed by atoms with Crippen LogP contribution in [0.25, 0.3) is 0 Å². The van der Waals surface area contributed by atoms with Gasteiger partial charge in [0, 0.05) is 49.8 Å². The monoisotopic (exact) mass is 570 g/mol. The zero-order valence-corrected chi connectivity index (χ0v) is 22.7. The number of rotatable bonds is 10. The second kappa shape index (κ2) is 15.0. The van der Waals surface area contributed by atoms with Gasteiger partial charge in [0.2, 0.25) is 5.88 Å². The first-order chi connectivity index (χ1) is 18.3. The molecule has 11 nitrogen and oxygen atoms in total. The molecule has 1 aromatic heterocycles. The number of nitrogens with one attached hydrogen (secondary N) is 2. The van der Waals surface area contributed by atoms with Gasteiger partial charge in [-0.05, 0) is 34.3 Å². The summed E-state index contributed by atoms with van der Waals surface area (Å²) in [6.45, 7) is 2.99. The fourth-order valence-electron chi connectivity index (χ4n) is 3.51. The molecule has 1 aromatic carbocycles. The normalized spacial score (nSPS) is 11.6. The lowest BCUT2D eigenvalue weighted by Gasteiger charge is -2.26. The van der Waals surface area contributed by atoms with Gasteiger partial charge in [0.05, 0.1) is 19.9 Å². The number of alkyl halides is 3. The molecule has 3 N–H and O–H groups in total. The summed E-state index contributed by atoms with van der Waals surface area (Å²) < 4.78 is 48.8. The van der Waals surface area contributed by atoms with Gasteiger partial charge in [-0.1, -0.05) is 7.43 Å². The highest BCUT2D eigenvalue weighted by molar-refractivity contribution is 5.76. The lowest BCUT2D eigenvalue weighted by atomic mass is 9.98. The molecule has 14 heteroatoms. The molecule has 0 atom stereocenters. The topological polar surface area (TPSA) is 132 Å². The van der Waals surface area contributed by atoms with Crippen molar-refractivity contribution in [1.29, 1.82) is 5.26 Å². The van der Waals surface area contributed by atoms with Crippen molar-refractivity contribution in [3.8, 4) is 29.2 Å². The van der Waals surface area contributed by atoms with Crippen molar-refractivity contribution in [2.24, 2.45) is 0 Å². The van der Waals surface area contributed by atoms with Gasteiger partial charge in [-0.15, -0.1) is 0 Å². The maximum Gasteiger partial charge on any atom is 0.490 e. The first-order valence-electron chi connectivity index (χ1n) is 11.8. The molecule has 1 aliphatic rings. The third kappa shape index (κ3) is 9.06. The number of aliphatic carboxylic acids is 1. The largest absolute Gasteiger partial charge is 0.493 e. The van der Waals surface area contributed by atoms with Crippen molar-refractivity contribution in [2.45, 2.75) is 20.0 Å². The maximum atomic E-state index is 10.6. The zero-order chi connectivity index (χ0) is 29.3. The molecular weight excluding hydrogens is 533 g/mol. The number of fused-ring (bicyclic) bond motifs is 2. The number of methoxy groups -OCH3 is 2. The molecule has 40 heavy (non-hydrogen) atoms. The van der Waals surface area contributed by atoms with Crippen LogP contribution < -0.4 is 24.8 Å². The van der Waals surface area contributed by atoms with E-state index in [0.29, 0.717) is 54.0 Å². The van der Waals surface area contributed by atoms with Crippen molar-refractivity contribution in [3.05, 3.63) is 28.8 Å². The van der Waals surface area contributed by atoms with Crippen LogP contribution in [0.1, 0.15) is 24.1 Å². The Hall–Kier alpha value is -3.96. The minimum atomic E-state index is -5.08. The Morgan fingerprint density at radius 1 is 1.10 bits per heavy atom. The fraction of sp³-hybridized carbons (Fsp3) is 0.500. The van der Waals surface area contributed by atoms with E-state index >= 15 is 0 Å². The van der Waals surface area contributed by atoms with Gasteiger partial charge in [-0.25, -0.2) is 4.79 Å². The van der Waals surface area contributed by atoms with Crippen molar-refractivity contribution in [2.75, 3.05) is 79.2 Å². The highest BCUT2D eigenvalue weighted by Gasteiger charge is 2.38. The van der Waals surface area contributed by atoms with E-state index in [1.54, 1.807) is 14.2 Å². The molecule has 0 bridgehead atoms. The van der Waals surface area contributed by atoms with Crippen LogP contribution in [0, 0.1) is 11.3 Å². The second-order valence-electron chi connectivity index (χ2n) is 8.96. The highest BCUT2D eigenvalue weighted by Crippen LogP contribution is 2.45. The summed E-state index contributed by atoms with van der Waals surface area (Å²) in [6, 6.07) is 6.07. The number of carboxylic acids is 1. The van der Waals surface area contributed by atoms with Gasteiger partial charge in [-0.3, -0.25) is 0 Å². The van der Waals surface area contributed by atoms with Crippen LogP contribution in [-0.4, -0.2) is 101 Å². The van der Waals surface area contributed by atoms with Crippen LogP contribution in [0.15, 0.2) is 12.1 Å². The number of anilines is 2. The Kier molecular flexibility index (Phi) is 12.8. The van der Waals surface area contributed by atoms with E-state index in [0.717, 1.165) is 29.9 Å². The highest BCUT2D eigenvalue weighted by atomic mass is 19.4. The van der Waals surface area contributed by atoms with E-state index in [2.05, 4.69) is 31.5 Å². The van der Waals surface area contributed by atoms with E-state index in [1.165, 1.54) is 0 Å². The summed E-state index contributed by atoms with van der Waals surface area (Å²) in [5, 5.41) is 23.9. The Morgan fingerprint density at radius 3 is 2.10 bits per heavy atom. The minimum Gasteiger partial charge on any atom is -0.493 e. The molecule has 0 spiro atoms. The van der Waals surface area contributed by atoms with Crippen LogP contribution in [0.2, 0.25) is 0 Å². The van der Waals surface area contributed by atoms with Crippen LogP contribution in [0.3, 0.4) is 0 Å². The number of pyridine rings is 1. The average molecular weight is 571 g/mol. The van der Waals surface area contributed by atoms with Crippen molar-refractivity contribution >= 4 is 17.5 Å². The van der Waals surface area contributed by atoms with Crippen LogP contribution in [0.5, 0.6) is 23.1 Å². The number of likely N-dealkylation sites (N-methyl/N-ethyl adjacent to an activating group) is 2. The quantitative estimate of drug-likeness (QED) is 0.328. The molecule has 0 unspecified atom stereocenters. The zero-order valence-electron chi connectivity index (χ0n) is 22.7. The van der Waals surface area contributed by atoms with Crippen LogP contribution in [0.4, 0.5) is 24.7 Å². The molecule has 0 aliphatic carbocycles. The molecule has 2 heterocycles. The third-order valence-corrected chi connectivity index (χ3v) is 5.47. The first-order valence-corrected chi connectivity index (χ1v) is 11.8. The van der Waals surface area contributed by atoms with Crippen LogP contribution in [-0.2, 0) is 11.2 Å². The Labute approximate surface area is 232 Å². The number of halogens is 3. The molecule has 222 valence electrons. The lowest BCUT2D eigenvalue weighted by Crippen LogP contribution is -2.24. The summed E-state index contributed by atoms with van der Waals surface area (Å²) in [6.07, 6.45) is -4.52. The Balaban J connectivity index is 0.000000886. The number of carboxylic acid groups (broad SMARTS) is 1. The number of hydrogen-bond acceptors (Lipinski definition) is 10. The number of hydrogen-bond donors (Lipinski definition) is 3. The van der Waals surface area contributed by atoms with E-state index in [-0.39, 0.29) is 7.43 Å². The van der Waals surface area contributed by atoms with Gasteiger partial charge in [0.1, 0.15) is 23.2 Å². The van der Waals surface area contributed by atoms with E-state index < -0.39 is 12.1 Å². The molecule has 0 fully saturated rings. The summed E-state index contributed by atoms with van der Waals surface area (Å²) in [5.74, 6) is 0.152. The van der Waals surface area contributed by atoms with Crippen molar-refractivity contribution in [1.82, 2.24) is 14.8 Å². The lowest BCUT2D eigenvalue weighted by molar-refractivity contribution is -0.192. The summed E-state index contributed by atoms with van der Waals surface area (Å²) in [5.41, 5.74) is 3.06. The Bertz CT molecular complexity index is 1200. The molecule has 2 aromatic rings. The van der Waals surface area contributed by atoms with Crippen molar-refractivity contribution in [3.63, 3.8) is 0 Å². The SMILES string of the molecule is C.COc1cc2c(cc1OC)Oc1nc(NCCN(C)C)c(C#N)c(NCCN(C)C)c1C2.O=C(O)C(F)(F)F. The van der Waals surface area contributed by atoms with Gasteiger partial charge in [0.15, 0.2) is 11.5 Å². The van der Waals surface area contributed by atoms with E-state index in [4.69, 9.17) is 24.1 Å². The van der Waals surface area contributed by atoms with E-state index in [1.807, 2.05) is 40.3 Å². The summed E-state index contributed by atoms with van der Waals surface area (Å²) >= 11 is 0. The number of carbonyl (C=O) groups is 1. The number of ether oxygens (including phenoxy) is 3. The molecule has 0 saturated heterocycles. The molecule has 1 aliphatic heterocycles. The number of benzene rings is 1. The minimum absolute atomic E-state index is 0. The Morgan fingerprint density at radius 2 is 1.62 bits per heavy atom. The standard InChI is InChI=1S/C23H32N6O3.C2HF3O2.CH4/c1-28(2)9-7-25-21-16-11-15-12-19(30-5)20(31-6)13-18(15)32-23(16)27-22(17(21)14-24)26-8-10-29(3)4;3-2(4,5)1(6)7;/h12-13H,7-11H2,1-6H3,(H2,25,26,27);(H,6,7);1H4.